The molecule has 2 saturated carbocycles. The second-order valence-electron chi connectivity index (χ2n) is 5.37. The highest BCUT2D eigenvalue weighted by molar-refractivity contribution is 9.09. The van der Waals surface area contributed by atoms with Crippen LogP contribution in [0.4, 0.5) is 0 Å². The molecule has 5 heteroatoms. The van der Waals surface area contributed by atoms with Gasteiger partial charge in [0.2, 0.25) is 10.0 Å². The fourth-order valence-electron chi connectivity index (χ4n) is 2.87. The van der Waals surface area contributed by atoms with Crippen molar-refractivity contribution in [2.45, 2.75) is 73.9 Å². The van der Waals surface area contributed by atoms with Gasteiger partial charge in [-0.1, -0.05) is 35.2 Å². The normalized spacial score (nSPS) is 32.5. The molecule has 0 radical (unpaired) electrons. The molecule has 0 atom stereocenters. The van der Waals surface area contributed by atoms with Crippen molar-refractivity contribution in [2.75, 3.05) is 0 Å². The lowest BCUT2D eigenvalue weighted by atomic mass is 9.96. The highest BCUT2D eigenvalue weighted by Crippen LogP contribution is 2.27. The lowest BCUT2D eigenvalue weighted by Gasteiger charge is -2.29. The Labute approximate surface area is 113 Å². The third-order valence-corrected chi connectivity index (χ3v) is 6.91. The molecule has 0 heterocycles. The first-order valence-corrected chi connectivity index (χ1v) is 9.19. The van der Waals surface area contributed by atoms with E-state index in [1.165, 1.54) is 6.42 Å². The Balaban J connectivity index is 1.88. The molecule has 0 bridgehead atoms. The summed E-state index contributed by atoms with van der Waals surface area (Å²) in [7, 11) is -3.07. The van der Waals surface area contributed by atoms with Crippen LogP contribution in [0.3, 0.4) is 0 Å². The lowest BCUT2D eigenvalue weighted by Crippen LogP contribution is -2.43. The highest BCUT2D eigenvalue weighted by atomic mass is 79.9. The van der Waals surface area contributed by atoms with E-state index in [9.17, 15) is 8.42 Å². The summed E-state index contributed by atoms with van der Waals surface area (Å²) in [5.74, 6) is 0. The fraction of sp³-hybridized carbons (Fsp3) is 1.00. The van der Waals surface area contributed by atoms with Crippen LogP contribution < -0.4 is 4.72 Å². The predicted molar refractivity (Wildman–Crippen MR) is 73.9 cm³/mol. The summed E-state index contributed by atoms with van der Waals surface area (Å²) in [5, 5.41) is -0.127. The molecule has 0 aromatic rings. The number of halogens is 1. The highest BCUT2D eigenvalue weighted by Gasteiger charge is 2.30. The Morgan fingerprint density at radius 3 is 2.06 bits per heavy atom. The maximum Gasteiger partial charge on any atom is 0.214 e. The molecule has 0 amide bonds. The van der Waals surface area contributed by atoms with E-state index in [0.717, 1.165) is 51.4 Å². The number of sulfonamides is 1. The van der Waals surface area contributed by atoms with E-state index in [1.54, 1.807) is 0 Å². The third kappa shape index (κ3) is 3.93. The van der Waals surface area contributed by atoms with Gasteiger partial charge in [0, 0.05) is 10.9 Å². The van der Waals surface area contributed by atoms with Crippen LogP contribution in [-0.2, 0) is 10.0 Å². The molecule has 2 fully saturated rings. The summed E-state index contributed by atoms with van der Waals surface area (Å²) in [6, 6.07) is 0.177. The van der Waals surface area contributed by atoms with Crippen LogP contribution in [0.2, 0.25) is 0 Å². The van der Waals surface area contributed by atoms with Crippen molar-refractivity contribution in [1.29, 1.82) is 0 Å². The number of hydrogen-bond donors (Lipinski definition) is 1. The van der Waals surface area contributed by atoms with E-state index >= 15 is 0 Å². The van der Waals surface area contributed by atoms with Crippen molar-refractivity contribution in [3.63, 3.8) is 0 Å². The molecule has 1 N–H and O–H groups in total. The quantitative estimate of drug-likeness (QED) is 0.811. The van der Waals surface area contributed by atoms with Gasteiger partial charge in [-0.05, 0) is 38.5 Å². The summed E-state index contributed by atoms with van der Waals surface area (Å²) in [5.41, 5.74) is 0. The minimum absolute atomic E-state index is 0.127. The SMILES string of the molecule is O=S(=O)(NC1CCC(Br)CC1)C1CCCCC1. The van der Waals surface area contributed by atoms with Gasteiger partial charge >= 0.3 is 0 Å². The summed E-state index contributed by atoms with van der Waals surface area (Å²) in [6.07, 6.45) is 9.14. The van der Waals surface area contributed by atoms with Crippen LogP contribution >= 0.6 is 15.9 Å². The van der Waals surface area contributed by atoms with Gasteiger partial charge in [-0.3, -0.25) is 0 Å². The standard InChI is InChI=1S/C12H22BrNO2S/c13-10-6-8-11(9-7-10)14-17(15,16)12-4-2-1-3-5-12/h10-12,14H,1-9H2. The molecule has 0 spiro atoms. The van der Waals surface area contributed by atoms with E-state index in [-0.39, 0.29) is 11.3 Å². The summed E-state index contributed by atoms with van der Waals surface area (Å²) >= 11 is 3.59. The molecule has 2 aliphatic rings. The van der Waals surface area contributed by atoms with Crippen LogP contribution in [0.15, 0.2) is 0 Å². The molecule has 0 aromatic heterocycles. The van der Waals surface area contributed by atoms with Crippen LogP contribution in [0.5, 0.6) is 0 Å². The molecule has 100 valence electrons. The first-order chi connectivity index (χ1) is 8.08. The molecule has 0 saturated heterocycles. The van der Waals surface area contributed by atoms with Crippen LogP contribution in [0.25, 0.3) is 0 Å². The predicted octanol–water partition coefficient (Wildman–Crippen LogP) is 2.94. The molecular formula is C12H22BrNO2S. The topological polar surface area (TPSA) is 46.2 Å². The number of nitrogens with one attached hydrogen (secondary N) is 1. The first kappa shape index (κ1) is 13.8. The van der Waals surface area contributed by atoms with Crippen molar-refractivity contribution >= 4 is 26.0 Å². The number of rotatable bonds is 3. The second kappa shape index (κ2) is 6.02. The van der Waals surface area contributed by atoms with E-state index < -0.39 is 10.0 Å². The Hall–Kier alpha value is 0.390. The first-order valence-electron chi connectivity index (χ1n) is 6.73. The van der Waals surface area contributed by atoms with Crippen molar-refractivity contribution < 1.29 is 8.42 Å². The van der Waals surface area contributed by atoms with Gasteiger partial charge in [-0.15, -0.1) is 0 Å². The Morgan fingerprint density at radius 1 is 0.882 bits per heavy atom. The molecular weight excluding hydrogens is 302 g/mol. The van der Waals surface area contributed by atoms with Gasteiger partial charge in [0.25, 0.3) is 0 Å². The van der Waals surface area contributed by atoms with Gasteiger partial charge in [0.15, 0.2) is 0 Å². The minimum atomic E-state index is -3.07. The third-order valence-electron chi connectivity index (χ3n) is 3.98. The molecule has 0 unspecified atom stereocenters. The largest absolute Gasteiger partial charge is 0.214 e. The van der Waals surface area contributed by atoms with E-state index in [2.05, 4.69) is 20.7 Å². The maximum absolute atomic E-state index is 12.2. The molecule has 2 rings (SSSR count). The Bertz CT molecular complexity index is 330. The molecule has 0 aromatic carbocycles. The summed E-state index contributed by atoms with van der Waals surface area (Å²) in [4.78, 5) is 0.581. The molecule has 2 aliphatic carbocycles. The zero-order valence-corrected chi connectivity index (χ0v) is 12.6. The monoisotopic (exact) mass is 323 g/mol. The van der Waals surface area contributed by atoms with Gasteiger partial charge in [0.1, 0.15) is 0 Å². The molecule has 3 nitrogen and oxygen atoms in total. The maximum atomic E-state index is 12.2. The summed E-state index contributed by atoms with van der Waals surface area (Å²) < 4.78 is 27.4. The average Bonchev–Trinajstić information content (AvgIpc) is 2.33. The minimum Gasteiger partial charge on any atom is -0.212 e. The average molecular weight is 324 g/mol. The van der Waals surface area contributed by atoms with Gasteiger partial charge < -0.3 is 0 Å². The summed E-state index contributed by atoms with van der Waals surface area (Å²) in [6.45, 7) is 0. The van der Waals surface area contributed by atoms with Gasteiger partial charge in [-0.25, -0.2) is 13.1 Å². The van der Waals surface area contributed by atoms with Crippen LogP contribution in [-0.4, -0.2) is 24.5 Å². The molecule has 17 heavy (non-hydrogen) atoms. The van der Waals surface area contributed by atoms with Gasteiger partial charge in [-0.2, -0.15) is 0 Å². The smallest absolute Gasteiger partial charge is 0.212 e. The Morgan fingerprint density at radius 2 is 1.47 bits per heavy atom. The molecule has 0 aliphatic heterocycles. The van der Waals surface area contributed by atoms with Crippen molar-refractivity contribution in [3.05, 3.63) is 0 Å². The second-order valence-corrected chi connectivity index (χ2v) is 8.66. The van der Waals surface area contributed by atoms with E-state index in [0.29, 0.717) is 4.83 Å². The van der Waals surface area contributed by atoms with E-state index in [1.807, 2.05) is 0 Å². The van der Waals surface area contributed by atoms with Crippen LogP contribution in [0.1, 0.15) is 57.8 Å². The van der Waals surface area contributed by atoms with Crippen LogP contribution in [0, 0.1) is 0 Å². The van der Waals surface area contributed by atoms with Gasteiger partial charge in [0.05, 0.1) is 5.25 Å². The fourth-order valence-corrected chi connectivity index (χ4v) is 5.25. The van der Waals surface area contributed by atoms with E-state index in [4.69, 9.17) is 0 Å². The van der Waals surface area contributed by atoms with Crippen molar-refractivity contribution in [2.24, 2.45) is 0 Å². The zero-order chi connectivity index (χ0) is 12.3. The number of hydrogen-bond acceptors (Lipinski definition) is 2. The Kier molecular flexibility index (Phi) is 4.89. The van der Waals surface area contributed by atoms with Crippen molar-refractivity contribution in [3.8, 4) is 0 Å². The van der Waals surface area contributed by atoms with Crippen molar-refractivity contribution in [1.82, 2.24) is 4.72 Å². The number of alkyl halides is 1. The zero-order valence-electron chi connectivity index (χ0n) is 10.2. The lowest BCUT2D eigenvalue weighted by molar-refractivity contribution is 0.412.